The molecule has 1 atom stereocenters. The number of benzene rings is 1. The lowest BCUT2D eigenvalue weighted by molar-refractivity contribution is 0.414. The SMILES string of the molecule is COc1ccc(C2=C[C@H](c3ccc(Br)o3)n3ncnc3N2)cc1. The molecular weight excluding hydrogens is 360 g/mol. The van der Waals surface area contributed by atoms with E-state index in [1.165, 1.54) is 6.33 Å². The molecule has 0 fully saturated rings. The Labute approximate surface area is 140 Å². The fraction of sp³-hybridized carbons (Fsp3) is 0.125. The monoisotopic (exact) mass is 372 g/mol. The number of hydrogen-bond donors (Lipinski definition) is 1. The molecule has 0 amide bonds. The van der Waals surface area contributed by atoms with Crippen LogP contribution in [0.2, 0.25) is 0 Å². The number of furan rings is 1. The Morgan fingerprint density at radius 2 is 2.04 bits per heavy atom. The van der Waals surface area contributed by atoms with Crippen molar-refractivity contribution >= 4 is 27.6 Å². The number of anilines is 1. The van der Waals surface area contributed by atoms with E-state index in [2.05, 4.69) is 37.4 Å². The summed E-state index contributed by atoms with van der Waals surface area (Å²) >= 11 is 3.34. The number of hydrogen-bond acceptors (Lipinski definition) is 5. The highest BCUT2D eigenvalue weighted by Gasteiger charge is 2.25. The summed E-state index contributed by atoms with van der Waals surface area (Å²) in [6.45, 7) is 0. The molecule has 23 heavy (non-hydrogen) atoms. The highest BCUT2D eigenvalue weighted by atomic mass is 79.9. The topological polar surface area (TPSA) is 65.1 Å². The number of fused-ring (bicyclic) bond motifs is 1. The molecule has 1 aliphatic heterocycles. The molecule has 1 aromatic carbocycles. The van der Waals surface area contributed by atoms with Crippen LogP contribution in [-0.4, -0.2) is 21.9 Å². The van der Waals surface area contributed by atoms with E-state index in [1.54, 1.807) is 11.8 Å². The number of nitrogens with zero attached hydrogens (tertiary/aromatic N) is 3. The van der Waals surface area contributed by atoms with Crippen molar-refractivity contribution in [3.05, 3.63) is 64.8 Å². The highest BCUT2D eigenvalue weighted by molar-refractivity contribution is 9.10. The minimum atomic E-state index is -0.155. The van der Waals surface area contributed by atoms with Gasteiger partial charge in [0.15, 0.2) is 4.67 Å². The van der Waals surface area contributed by atoms with Gasteiger partial charge < -0.3 is 14.5 Å². The van der Waals surface area contributed by atoms with Gasteiger partial charge in [0, 0.05) is 5.70 Å². The zero-order valence-electron chi connectivity index (χ0n) is 12.2. The predicted molar refractivity (Wildman–Crippen MR) is 89.2 cm³/mol. The average Bonchev–Trinajstić information content (AvgIpc) is 3.22. The van der Waals surface area contributed by atoms with E-state index < -0.39 is 0 Å². The van der Waals surface area contributed by atoms with Gasteiger partial charge in [-0.05, 0) is 64.0 Å². The van der Waals surface area contributed by atoms with Gasteiger partial charge in [-0.3, -0.25) is 0 Å². The van der Waals surface area contributed by atoms with E-state index in [9.17, 15) is 0 Å². The molecule has 2 aromatic heterocycles. The van der Waals surface area contributed by atoms with Crippen LogP contribution in [0.5, 0.6) is 5.75 Å². The Morgan fingerprint density at radius 3 is 2.74 bits per heavy atom. The molecule has 0 bridgehead atoms. The van der Waals surface area contributed by atoms with Gasteiger partial charge in [0.25, 0.3) is 0 Å². The van der Waals surface area contributed by atoms with E-state index in [4.69, 9.17) is 9.15 Å². The molecule has 1 aliphatic rings. The quantitative estimate of drug-likeness (QED) is 0.759. The summed E-state index contributed by atoms with van der Waals surface area (Å²) in [6.07, 6.45) is 3.59. The van der Waals surface area contributed by atoms with Crippen molar-refractivity contribution in [1.29, 1.82) is 0 Å². The maximum Gasteiger partial charge on any atom is 0.226 e. The van der Waals surface area contributed by atoms with Gasteiger partial charge >= 0.3 is 0 Å². The lowest BCUT2D eigenvalue weighted by atomic mass is 10.1. The summed E-state index contributed by atoms with van der Waals surface area (Å²) in [7, 11) is 1.65. The Hall–Kier alpha value is -2.54. The van der Waals surface area contributed by atoms with Gasteiger partial charge in [0.2, 0.25) is 5.95 Å². The summed E-state index contributed by atoms with van der Waals surface area (Å²) in [5.41, 5.74) is 1.99. The maximum atomic E-state index is 5.71. The van der Waals surface area contributed by atoms with Crippen molar-refractivity contribution in [2.75, 3.05) is 12.4 Å². The second-order valence-electron chi connectivity index (χ2n) is 5.05. The van der Waals surface area contributed by atoms with Crippen LogP contribution >= 0.6 is 15.9 Å². The van der Waals surface area contributed by atoms with Gasteiger partial charge in [0.1, 0.15) is 23.9 Å². The lowest BCUT2D eigenvalue weighted by Gasteiger charge is -2.22. The zero-order valence-corrected chi connectivity index (χ0v) is 13.8. The predicted octanol–water partition coefficient (Wildman–Crippen LogP) is 3.70. The second kappa shape index (κ2) is 5.58. The van der Waals surface area contributed by atoms with Crippen molar-refractivity contribution in [3.8, 4) is 5.75 Å². The standard InChI is InChI=1S/C16H13BrN4O2/c1-22-11-4-2-10(3-5-11)12-8-13(14-6-7-15(17)23-14)21-16(20-12)18-9-19-21/h2-9,13H,1H3,(H,18,19,20)/t13-/m1/s1. The number of ether oxygens (including phenoxy) is 1. The number of allylic oxidation sites excluding steroid dienone is 1. The first kappa shape index (κ1) is 14.1. The Kier molecular flexibility index (Phi) is 3.42. The highest BCUT2D eigenvalue weighted by Crippen LogP contribution is 2.33. The van der Waals surface area contributed by atoms with Crippen molar-refractivity contribution in [1.82, 2.24) is 14.8 Å². The fourth-order valence-electron chi connectivity index (χ4n) is 2.56. The van der Waals surface area contributed by atoms with Gasteiger partial charge in [0.05, 0.1) is 7.11 Å². The van der Waals surface area contributed by atoms with Crippen LogP contribution in [0.3, 0.4) is 0 Å². The van der Waals surface area contributed by atoms with E-state index in [1.807, 2.05) is 36.4 Å². The molecule has 7 heteroatoms. The van der Waals surface area contributed by atoms with E-state index in [0.29, 0.717) is 10.6 Å². The Balaban J connectivity index is 1.76. The molecule has 1 N–H and O–H groups in total. The summed E-state index contributed by atoms with van der Waals surface area (Å²) in [4.78, 5) is 4.27. The number of nitrogens with one attached hydrogen (secondary N) is 1. The van der Waals surface area contributed by atoms with E-state index in [-0.39, 0.29) is 6.04 Å². The van der Waals surface area contributed by atoms with Gasteiger partial charge in [-0.2, -0.15) is 10.1 Å². The number of methoxy groups -OCH3 is 1. The van der Waals surface area contributed by atoms with Crippen molar-refractivity contribution in [3.63, 3.8) is 0 Å². The van der Waals surface area contributed by atoms with Crippen LogP contribution in [0, 0.1) is 0 Å². The molecule has 116 valence electrons. The normalized spacial score (nSPS) is 16.4. The van der Waals surface area contributed by atoms with Crippen LogP contribution < -0.4 is 10.1 Å². The van der Waals surface area contributed by atoms with Gasteiger partial charge in [-0.25, -0.2) is 4.68 Å². The van der Waals surface area contributed by atoms with Gasteiger partial charge in [-0.15, -0.1) is 0 Å². The first-order valence-corrected chi connectivity index (χ1v) is 7.82. The van der Waals surface area contributed by atoms with Crippen LogP contribution in [0.15, 0.2) is 57.9 Å². The number of halogens is 1. The zero-order chi connectivity index (χ0) is 15.8. The molecular formula is C16H13BrN4O2. The average molecular weight is 373 g/mol. The molecule has 0 aliphatic carbocycles. The number of aromatic nitrogens is 3. The Morgan fingerprint density at radius 1 is 1.22 bits per heavy atom. The third-order valence-corrected chi connectivity index (χ3v) is 4.12. The molecule has 0 unspecified atom stereocenters. The van der Waals surface area contributed by atoms with Crippen molar-refractivity contribution < 1.29 is 9.15 Å². The second-order valence-corrected chi connectivity index (χ2v) is 5.83. The minimum absolute atomic E-state index is 0.155. The minimum Gasteiger partial charge on any atom is -0.497 e. The van der Waals surface area contributed by atoms with Crippen LogP contribution in [-0.2, 0) is 0 Å². The van der Waals surface area contributed by atoms with Gasteiger partial charge in [-0.1, -0.05) is 0 Å². The molecule has 0 saturated heterocycles. The molecule has 3 aromatic rings. The maximum absolute atomic E-state index is 5.71. The fourth-order valence-corrected chi connectivity index (χ4v) is 2.88. The van der Waals surface area contributed by atoms with Crippen LogP contribution in [0.25, 0.3) is 5.70 Å². The molecule has 0 spiro atoms. The van der Waals surface area contributed by atoms with E-state index >= 15 is 0 Å². The molecule has 3 heterocycles. The summed E-state index contributed by atoms with van der Waals surface area (Å²) in [6, 6.07) is 11.5. The third-order valence-electron chi connectivity index (χ3n) is 3.69. The summed E-state index contributed by atoms with van der Waals surface area (Å²) in [5, 5.41) is 7.58. The number of rotatable bonds is 3. The summed E-state index contributed by atoms with van der Waals surface area (Å²) < 4.78 is 13.4. The van der Waals surface area contributed by atoms with Crippen molar-refractivity contribution in [2.24, 2.45) is 0 Å². The third kappa shape index (κ3) is 2.53. The summed E-state index contributed by atoms with van der Waals surface area (Å²) in [5.74, 6) is 2.28. The molecule has 4 rings (SSSR count). The first-order chi connectivity index (χ1) is 11.2. The lowest BCUT2D eigenvalue weighted by Crippen LogP contribution is -2.19. The van der Waals surface area contributed by atoms with E-state index in [0.717, 1.165) is 22.8 Å². The Bertz CT molecular complexity index is 866. The smallest absolute Gasteiger partial charge is 0.226 e. The van der Waals surface area contributed by atoms with Crippen LogP contribution in [0.4, 0.5) is 5.95 Å². The molecule has 0 radical (unpaired) electrons. The molecule has 0 saturated carbocycles. The largest absolute Gasteiger partial charge is 0.497 e. The first-order valence-electron chi connectivity index (χ1n) is 7.02. The molecule has 6 nitrogen and oxygen atoms in total. The van der Waals surface area contributed by atoms with Crippen LogP contribution in [0.1, 0.15) is 17.4 Å². The van der Waals surface area contributed by atoms with Crippen molar-refractivity contribution in [2.45, 2.75) is 6.04 Å².